The zero-order chi connectivity index (χ0) is 15.7. The first kappa shape index (κ1) is 14.9. The Kier molecular flexibility index (Phi) is 4.05. The van der Waals surface area contributed by atoms with Gasteiger partial charge in [0.2, 0.25) is 5.91 Å². The van der Waals surface area contributed by atoms with Crippen molar-refractivity contribution in [3.63, 3.8) is 0 Å². The van der Waals surface area contributed by atoms with Crippen molar-refractivity contribution in [2.24, 2.45) is 5.92 Å². The van der Waals surface area contributed by atoms with Crippen LogP contribution in [0.5, 0.6) is 5.75 Å². The van der Waals surface area contributed by atoms with Gasteiger partial charge in [0.05, 0.1) is 5.69 Å². The van der Waals surface area contributed by atoms with E-state index in [2.05, 4.69) is 5.32 Å². The lowest BCUT2D eigenvalue weighted by molar-refractivity contribution is -0.125. The summed E-state index contributed by atoms with van der Waals surface area (Å²) in [4.78, 5) is 25.9. The smallest absolute Gasteiger partial charge is 0.267 e. The number of carbonyl (C=O) groups excluding carboxylic acids is 2. The van der Waals surface area contributed by atoms with Crippen molar-refractivity contribution >= 4 is 23.2 Å². The van der Waals surface area contributed by atoms with Gasteiger partial charge in [-0.15, -0.1) is 0 Å². The maximum absolute atomic E-state index is 12.3. The van der Waals surface area contributed by atoms with Gasteiger partial charge in [-0.3, -0.25) is 9.59 Å². The Hall–Kier alpha value is -2.04. The van der Waals surface area contributed by atoms with Crippen LogP contribution in [0.3, 0.4) is 0 Å². The van der Waals surface area contributed by atoms with Gasteiger partial charge in [-0.1, -0.05) is 19.3 Å². The second kappa shape index (κ2) is 5.99. The quantitative estimate of drug-likeness (QED) is 0.913. The van der Waals surface area contributed by atoms with Gasteiger partial charge >= 0.3 is 0 Å². The number of rotatable bonds is 2. The molecule has 1 fully saturated rings. The van der Waals surface area contributed by atoms with Crippen molar-refractivity contribution in [3.8, 4) is 5.75 Å². The average molecular weight is 302 g/mol. The molecule has 1 aromatic carbocycles. The van der Waals surface area contributed by atoms with E-state index in [4.69, 9.17) is 4.74 Å². The van der Waals surface area contributed by atoms with Crippen LogP contribution in [0.1, 0.15) is 39.0 Å². The summed E-state index contributed by atoms with van der Waals surface area (Å²) in [6.45, 7) is 1.74. The molecule has 1 aromatic rings. The minimum atomic E-state index is -0.472. The largest absolute Gasteiger partial charge is 0.479 e. The van der Waals surface area contributed by atoms with Crippen LogP contribution in [0.15, 0.2) is 18.2 Å². The Balaban J connectivity index is 1.76. The number of carbonyl (C=O) groups is 2. The summed E-state index contributed by atoms with van der Waals surface area (Å²) in [5.74, 6) is 0.785. The first-order chi connectivity index (χ1) is 10.6. The fourth-order valence-electron chi connectivity index (χ4n) is 3.20. The second-order valence-corrected chi connectivity index (χ2v) is 6.16. The highest BCUT2D eigenvalue weighted by atomic mass is 16.5. The number of nitrogens with one attached hydrogen (secondary N) is 1. The minimum Gasteiger partial charge on any atom is -0.479 e. The van der Waals surface area contributed by atoms with E-state index in [0.29, 0.717) is 17.1 Å². The molecule has 0 spiro atoms. The number of nitrogens with zero attached hydrogens (tertiary/aromatic N) is 1. The molecule has 2 amide bonds. The summed E-state index contributed by atoms with van der Waals surface area (Å²) in [6.07, 6.45) is 4.95. The summed E-state index contributed by atoms with van der Waals surface area (Å²) in [7, 11) is 1.73. The van der Waals surface area contributed by atoms with Crippen molar-refractivity contribution in [1.82, 2.24) is 0 Å². The Morgan fingerprint density at radius 2 is 2.00 bits per heavy atom. The Bertz CT molecular complexity index is 594. The van der Waals surface area contributed by atoms with Gasteiger partial charge in [0.25, 0.3) is 5.91 Å². The maximum Gasteiger partial charge on any atom is 0.267 e. The van der Waals surface area contributed by atoms with E-state index in [9.17, 15) is 9.59 Å². The van der Waals surface area contributed by atoms with Crippen LogP contribution >= 0.6 is 0 Å². The van der Waals surface area contributed by atoms with Crippen LogP contribution in [-0.4, -0.2) is 25.0 Å². The van der Waals surface area contributed by atoms with Gasteiger partial charge in [-0.2, -0.15) is 0 Å². The lowest BCUT2D eigenvalue weighted by Gasteiger charge is -2.30. The van der Waals surface area contributed by atoms with E-state index < -0.39 is 6.10 Å². The molecule has 22 heavy (non-hydrogen) atoms. The van der Waals surface area contributed by atoms with Crippen molar-refractivity contribution in [2.45, 2.75) is 45.1 Å². The number of fused-ring (bicyclic) bond motifs is 1. The van der Waals surface area contributed by atoms with Crippen molar-refractivity contribution < 1.29 is 14.3 Å². The van der Waals surface area contributed by atoms with E-state index in [1.807, 2.05) is 12.1 Å². The standard InChI is InChI=1S/C17H22N2O3/c1-11-17(21)19(2)14-10-13(8-9-15(14)22-11)18-16(20)12-6-4-3-5-7-12/h8-12H,3-7H2,1-2H3,(H,18,20). The van der Waals surface area contributed by atoms with Gasteiger partial charge in [0.15, 0.2) is 6.10 Å². The van der Waals surface area contributed by atoms with Crippen LogP contribution in [0.4, 0.5) is 11.4 Å². The predicted molar refractivity (Wildman–Crippen MR) is 85.1 cm³/mol. The van der Waals surface area contributed by atoms with Crippen LogP contribution in [-0.2, 0) is 9.59 Å². The Labute approximate surface area is 130 Å². The van der Waals surface area contributed by atoms with E-state index in [1.165, 1.54) is 6.42 Å². The van der Waals surface area contributed by atoms with Gasteiger partial charge in [-0.25, -0.2) is 0 Å². The number of hydrogen-bond acceptors (Lipinski definition) is 3. The molecule has 2 aliphatic rings. The normalized spacial score (nSPS) is 22.0. The van der Waals surface area contributed by atoms with Gasteiger partial charge in [0.1, 0.15) is 5.75 Å². The highest BCUT2D eigenvalue weighted by Gasteiger charge is 2.29. The summed E-state index contributed by atoms with van der Waals surface area (Å²) in [5.41, 5.74) is 1.41. The van der Waals surface area contributed by atoms with Gasteiger partial charge in [0, 0.05) is 18.7 Å². The maximum atomic E-state index is 12.3. The molecule has 0 radical (unpaired) electrons. The predicted octanol–water partition coefficient (Wildman–Crippen LogP) is 2.95. The molecular weight excluding hydrogens is 280 g/mol. The molecule has 118 valence electrons. The summed E-state index contributed by atoms with van der Waals surface area (Å²) >= 11 is 0. The molecule has 1 atom stereocenters. The molecule has 1 unspecified atom stereocenters. The monoisotopic (exact) mass is 302 g/mol. The number of likely N-dealkylation sites (N-methyl/N-ethyl adjacent to an activating group) is 1. The van der Waals surface area contributed by atoms with Crippen LogP contribution in [0, 0.1) is 5.92 Å². The van der Waals surface area contributed by atoms with Crippen LogP contribution < -0.4 is 15.0 Å². The third kappa shape index (κ3) is 2.80. The second-order valence-electron chi connectivity index (χ2n) is 6.16. The van der Waals surface area contributed by atoms with Crippen molar-refractivity contribution in [3.05, 3.63) is 18.2 Å². The number of hydrogen-bond donors (Lipinski definition) is 1. The fourth-order valence-corrected chi connectivity index (χ4v) is 3.20. The van der Waals surface area contributed by atoms with E-state index >= 15 is 0 Å². The zero-order valence-electron chi connectivity index (χ0n) is 13.1. The molecule has 0 bridgehead atoms. The molecule has 1 aliphatic heterocycles. The first-order valence-corrected chi connectivity index (χ1v) is 7.95. The molecule has 0 saturated heterocycles. The molecule has 5 heteroatoms. The van der Waals surface area contributed by atoms with E-state index in [-0.39, 0.29) is 17.7 Å². The van der Waals surface area contributed by atoms with Gasteiger partial charge in [-0.05, 0) is 38.0 Å². The Morgan fingerprint density at radius 1 is 1.27 bits per heavy atom. The van der Waals surface area contributed by atoms with Crippen molar-refractivity contribution in [1.29, 1.82) is 0 Å². The molecule has 1 saturated carbocycles. The molecular formula is C17H22N2O3. The third-order valence-corrected chi connectivity index (χ3v) is 4.55. The molecule has 5 nitrogen and oxygen atoms in total. The topological polar surface area (TPSA) is 58.6 Å². The van der Waals surface area contributed by atoms with Crippen LogP contribution in [0.25, 0.3) is 0 Å². The first-order valence-electron chi connectivity index (χ1n) is 7.95. The average Bonchev–Trinajstić information content (AvgIpc) is 2.54. The lowest BCUT2D eigenvalue weighted by atomic mass is 9.88. The van der Waals surface area contributed by atoms with Gasteiger partial charge < -0.3 is 15.0 Å². The lowest BCUT2D eigenvalue weighted by Crippen LogP contribution is -2.42. The zero-order valence-corrected chi connectivity index (χ0v) is 13.1. The van der Waals surface area contributed by atoms with E-state index in [0.717, 1.165) is 25.7 Å². The van der Waals surface area contributed by atoms with Crippen LogP contribution in [0.2, 0.25) is 0 Å². The number of ether oxygens (including phenoxy) is 1. The number of benzene rings is 1. The molecule has 1 aliphatic carbocycles. The molecule has 1 N–H and O–H groups in total. The Morgan fingerprint density at radius 3 is 2.73 bits per heavy atom. The van der Waals surface area contributed by atoms with Crippen molar-refractivity contribution in [2.75, 3.05) is 17.3 Å². The highest BCUT2D eigenvalue weighted by molar-refractivity contribution is 6.01. The molecule has 1 heterocycles. The minimum absolute atomic E-state index is 0.0803. The highest BCUT2D eigenvalue weighted by Crippen LogP contribution is 2.35. The third-order valence-electron chi connectivity index (χ3n) is 4.55. The molecule has 0 aromatic heterocycles. The molecule has 3 rings (SSSR count). The SMILES string of the molecule is CC1Oc2ccc(NC(=O)C3CCCCC3)cc2N(C)C1=O. The number of amides is 2. The van der Waals surface area contributed by atoms with E-state index in [1.54, 1.807) is 24.9 Å². The fraction of sp³-hybridized carbons (Fsp3) is 0.529. The summed E-state index contributed by atoms with van der Waals surface area (Å²) in [6, 6.07) is 5.45. The summed E-state index contributed by atoms with van der Waals surface area (Å²) in [5, 5.41) is 2.98. The number of anilines is 2. The summed E-state index contributed by atoms with van der Waals surface area (Å²) < 4.78 is 5.59.